The van der Waals surface area contributed by atoms with Crippen molar-refractivity contribution < 1.29 is 9.59 Å². The lowest BCUT2D eigenvalue weighted by molar-refractivity contribution is -0.134. The second kappa shape index (κ2) is 8.21. The molecule has 2 amide bonds. The summed E-state index contributed by atoms with van der Waals surface area (Å²) in [6.45, 7) is 9.65. The zero-order valence-electron chi connectivity index (χ0n) is 16.1. The Bertz CT molecular complexity index is 644. The SMILES string of the molecule is Cc1ccccc1C(=O)NC(C(=O)N1CC[C@@H]2CNC[C@@H]2CC1)C(C)C. The molecule has 2 saturated heterocycles. The Morgan fingerprint density at radius 2 is 1.73 bits per heavy atom. The first kappa shape index (κ1) is 18.9. The van der Waals surface area contributed by atoms with E-state index in [1.54, 1.807) is 0 Å². The van der Waals surface area contributed by atoms with Gasteiger partial charge in [0.2, 0.25) is 5.91 Å². The number of hydrogen-bond donors (Lipinski definition) is 2. The Labute approximate surface area is 156 Å². The Hall–Kier alpha value is -1.88. The number of nitrogens with zero attached hydrogens (tertiary/aromatic N) is 1. The Morgan fingerprint density at radius 1 is 1.12 bits per heavy atom. The molecule has 2 aliphatic rings. The molecule has 3 atom stereocenters. The Kier molecular flexibility index (Phi) is 5.97. The molecule has 5 nitrogen and oxygen atoms in total. The van der Waals surface area contributed by atoms with Crippen molar-refractivity contribution in [2.75, 3.05) is 26.2 Å². The van der Waals surface area contributed by atoms with E-state index in [2.05, 4.69) is 10.6 Å². The summed E-state index contributed by atoms with van der Waals surface area (Å²) in [5.41, 5.74) is 1.57. The molecule has 26 heavy (non-hydrogen) atoms. The molecule has 2 fully saturated rings. The number of amides is 2. The molecule has 0 saturated carbocycles. The summed E-state index contributed by atoms with van der Waals surface area (Å²) in [5.74, 6) is 1.33. The summed E-state index contributed by atoms with van der Waals surface area (Å²) < 4.78 is 0. The number of aryl methyl sites for hydroxylation is 1. The molecule has 0 bridgehead atoms. The molecule has 2 aliphatic heterocycles. The van der Waals surface area contributed by atoms with Crippen molar-refractivity contribution in [3.05, 3.63) is 35.4 Å². The van der Waals surface area contributed by atoms with Crippen LogP contribution in [0.5, 0.6) is 0 Å². The van der Waals surface area contributed by atoms with E-state index in [1.807, 2.05) is 49.9 Å². The molecule has 1 aromatic carbocycles. The minimum atomic E-state index is -0.474. The highest BCUT2D eigenvalue weighted by molar-refractivity contribution is 5.98. The minimum absolute atomic E-state index is 0.0555. The monoisotopic (exact) mass is 357 g/mol. The lowest BCUT2D eigenvalue weighted by atomic mass is 9.92. The van der Waals surface area contributed by atoms with Crippen LogP contribution >= 0.6 is 0 Å². The summed E-state index contributed by atoms with van der Waals surface area (Å²) in [6.07, 6.45) is 2.11. The first-order valence-electron chi connectivity index (χ1n) is 9.83. The molecule has 1 unspecified atom stereocenters. The average Bonchev–Trinajstić information content (AvgIpc) is 2.97. The number of likely N-dealkylation sites (tertiary alicyclic amines) is 1. The van der Waals surface area contributed by atoms with Crippen LogP contribution in [0.1, 0.15) is 42.6 Å². The molecular weight excluding hydrogens is 326 g/mol. The Balaban J connectivity index is 1.68. The fourth-order valence-electron chi connectivity index (χ4n) is 4.20. The zero-order valence-corrected chi connectivity index (χ0v) is 16.1. The van der Waals surface area contributed by atoms with Crippen molar-refractivity contribution in [2.45, 2.75) is 39.7 Å². The molecule has 142 valence electrons. The van der Waals surface area contributed by atoms with Crippen LogP contribution in [0, 0.1) is 24.7 Å². The van der Waals surface area contributed by atoms with Crippen LogP contribution in [0.4, 0.5) is 0 Å². The van der Waals surface area contributed by atoms with E-state index < -0.39 is 6.04 Å². The molecular formula is C21H31N3O2. The fourth-order valence-corrected chi connectivity index (χ4v) is 4.20. The average molecular weight is 357 g/mol. The number of hydrogen-bond acceptors (Lipinski definition) is 3. The van der Waals surface area contributed by atoms with E-state index >= 15 is 0 Å². The first-order valence-corrected chi connectivity index (χ1v) is 9.83. The lowest BCUT2D eigenvalue weighted by Gasteiger charge is -2.29. The highest BCUT2D eigenvalue weighted by atomic mass is 16.2. The summed E-state index contributed by atoms with van der Waals surface area (Å²) in [7, 11) is 0. The van der Waals surface area contributed by atoms with Gasteiger partial charge in [0.05, 0.1) is 0 Å². The summed E-state index contributed by atoms with van der Waals surface area (Å²) in [6, 6.07) is 7.03. The molecule has 2 N–H and O–H groups in total. The second-order valence-corrected chi connectivity index (χ2v) is 8.09. The smallest absolute Gasteiger partial charge is 0.252 e. The lowest BCUT2D eigenvalue weighted by Crippen LogP contribution is -2.51. The highest BCUT2D eigenvalue weighted by Gasteiger charge is 2.34. The summed E-state index contributed by atoms with van der Waals surface area (Å²) >= 11 is 0. The zero-order chi connectivity index (χ0) is 18.7. The maximum Gasteiger partial charge on any atom is 0.252 e. The number of benzene rings is 1. The van der Waals surface area contributed by atoms with Crippen LogP contribution in [0.25, 0.3) is 0 Å². The molecule has 0 spiro atoms. The van der Waals surface area contributed by atoms with Crippen molar-refractivity contribution >= 4 is 11.8 Å². The normalized spacial score (nSPS) is 24.1. The molecule has 0 aromatic heterocycles. The van der Waals surface area contributed by atoms with E-state index in [1.165, 1.54) is 0 Å². The number of carbonyl (C=O) groups excluding carboxylic acids is 2. The van der Waals surface area contributed by atoms with Crippen molar-refractivity contribution in [2.24, 2.45) is 17.8 Å². The third-order valence-electron chi connectivity index (χ3n) is 5.94. The van der Waals surface area contributed by atoms with Crippen LogP contribution < -0.4 is 10.6 Å². The van der Waals surface area contributed by atoms with Gasteiger partial charge in [-0.15, -0.1) is 0 Å². The van der Waals surface area contributed by atoms with Crippen molar-refractivity contribution in [3.63, 3.8) is 0 Å². The molecule has 3 rings (SSSR count). The van der Waals surface area contributed by atoms with Gasteiger partial charge in [-0.2, -0.15) is 0 Å². The van der Waals surface area contributed by atoms with Gasteiger partial charge in [0.25, 0.3) is 5.91 Å². The fraction of sp³-hybridized carbons (Fsp3) is 0.619. The standard InChI is InChI=1S/C21H31N3O2/c1-14(2)19(23-20(25)18-7-5-4-6-15(18)3)21(26)24-10-8-16-12-22-13-17(16)9-11-24/h4-7,14,16-17,19,22H,8-13H2,1-3H3,(H,23,25)/t16-,17+,19?. The van der Waals surface area contributed by atoms with E-state index in [0.717, 1.165) is 44.6 Å². The van der Waals surface area contributed by atoms with Gasteiger partial charge in [-0.25, -0.2) is 0 Å². The number of rotatable bonds is 4. The molecule has 1 aromatic rings. The summed E-state index contributed by atoms with van der Waals surface area (Å²) in [5, 5.41) is 6.47. The topological polar surface area (TPSA) is 61.4 Å². The third kappa shape index (κ3) is 4.09. The first-order chi connectivity index (χ1) is 12.5. The van der Waals surface area contributed by atoms with E-state index in [9.17, 15) is 9.59 Å². The van der Waals surface area contributed by atoms with Gasteiger partial charge >= 0.3 is 0 Å². The van der Waals surface area contributed by atoms with Gasteiger partial charge in [-0.1, -0.05) is 32.0 Å². The summed E-state index contributed by atoms with van der Waals surface area (Å²) in [4.78, 5) is 27.8. The van der Waals surface area contributed by atoms with E-state index in [0.29, 0.717) is 17.4 Å². The quantitative estimate of drug-likeness (QED) is 0.868. The minimum Gasteiger partial charge on any atom is -0.341 e. The van der Waals surface area contributed by atoms with Gasteiger partial charge in [-0.05, 0) is 62.2 Å². The highest BCUT2D eigenvalue weighted by Crippen LogP contribution is 2.27. The Morgan fingerprint density at radius 3 is 2.31 bits per heavy atom. The second-order valence-electron chi connectivity index (χ2n) is 8.09. The van der Waals surface area contributed by atoms with Crippen molar-refractivity contribution in [3.8, 4) is 0 Å². The molecule has 0 radical (unpaired) electrons. The van der Waals surface area contributed by atoms with Gasteiger partial charge in [0.15, 0.2) is 0 Å². The van der Waals surface area contributed by atoms with Crippen molar-refractivity contribution in [1.82, 2.24) is 15.5 Å². The largest absolute Gasteiger partial charge is 0.341 e. The molecule has 0 aliphatic carbocycles. The van der Waals surface area contributed by atoms with E-state index in [4.69, 9.17) is 0 Å². The van der Waals surface area contributed by atoms with E-state index in [-0.39, 0.29) is 17.7 Å². The predicted octanol–water partition coefficient (Wildman–Crippen LogP) is 2.21. The third-order valence-corrected chi connectivity index (χ3v) is 5.94. The van der Waals surface area contributed by atoms with Crippen LogP contribution in [-0.4, -0.2) is 48.9 Å². The van der Waals surface area contributed by atoms with Gasteiger partial charge in [0, 0.05) is 18.7 Å². The van der Waals surface area contributed by atoms with Gasteiger partial charge in [0.1, 0.15) is 6.04 Å². The van der Waals surface area contributed by atoms with Crippen LogP contribution in [-0.2, 0) is 4.79 Å². The maximum atomic E-state index is 13.2. The van der Waals surface area contributed by atoms with Gasteiger partial charge in [-0.3, -0.25) is 9.59 Å². The van der Waals surface area contributed by atoms with Gasteiger partial charge < -0.3 is 15.5 Å². The predicted molar refractivity (Wildman–Crippen MR) is 103 cm³/mol. The molecule has 2 heterocycles. The van der Waals surface area contributed by atoms with Crippen LogP contribution in [0.15, 0.2) is 24.3 Å². The van der Waals surface area contributed by atoms with Crippen molar-refractivity contribution in [1.29, 1.82) is 0 Å². The van der Waals surface area contributed by atoms with Crippen LogP contribution in [0.2, 0.25) is 0 Å². The number of nitrogens with one attached hydrogen (secondary N) is 2. The maximum absolute atomic E-state index is 13.2. The number of carbonyl (C=O) groups is 2. The molecule has 5 heteroatoms. The van der Waals surface area contributed by atoms with Crippen LogP contribution in [0.3, 0.4) is 0 Å². The number of fused-ring (bicyclic) bond motifs is 1.